The summed E-state index contributed by atoms with van der Waals surface area (Å²) in [7, 11) is 2.03. The van der Waals surface area contributed by atoms with Gasteiger partial charge in [-0.3, -0.25) is 4.68 Å². The second-order valence-electron chi connectivity index (χ2n) is 5.57. The zero-order chi connectivity index (χ0) is 14.1. The van der Waals surface area contributed by atoms with Gasteiger partial charge in [0.05, 0.1) is 5.69 Å². The van der Waals surface area contributed by atoms with E-state index in [2.05, 4.69) is 48.5 Å². The predicted molar refractivity (Wildman–Crippen MR) is 83.1 cm³/mol. The lowest BCUT2D eigenvalue weighted by Crippen LogP contribution is -2.16. The molecule has 0 aliphatic heterocycles. The summed E-state index contributed by atoms with van der Waals surface area (Å²) in [4.78, 5) is 1.28. The molecule has 0 radical (unpaired) electrons. The molecule has 1 aliphatic carbocycles. The summed E-state index contributed by atoms with van der Waals surface area (Å²) in [6, 6.07) is 9.37. The summed E-state index contributed by atoms with van der Waals surface area (Å²) >= 11 is 1.81. The van der Waals surface area contributed by atoms with Crippen LogP contribution in [-0.2, 0) is 13.6 Å². The Morgan fingerprint density at radius 1 is 1.35 bits per heavy atom. The highest BCUT2D eigenvalue weighted by Gasteiger charge is 2.22. The average molecular weight is 287 g/mol. The van der Waals surface area contributed by atoms with Crippen molar-refractivity contribution < 1.29 is 0 Å². The third-order valence-corrected chi connectivity index (χ3v) is 4.83. The Bertz CT molecular complexity index is 614. The number of benzene rings is 1. The highest BCUT2D eigenvalue weighted by atomic mass is 32.2. The molecule has 2 aromatic rings. The Hall–Kier alpha value is -1.26. The van der Waals surface area contributed by atoms with Crippen LogP contribution >= 0.6 is 11.8 Å². The van der Waals surface area contributed by atoms with Crippen molar-refractivity contribution in [2.75, 3.05) is 0 Å². The quantitative estimate of drug-likeness (QED) is 0.913. The molecule has 1 saturated carbocycles. The van der Waals surface area contributed by atoms with E-state index in [1.54, 1.807) is 0 Å². The van der Waals surface area contributed by atoms with E-state index in [9.17, 15) is 0 Å². The normalized spacial score (nSPS) is 14.8. The van der Waals surface area contributed by atoms with E-state index >= 15 is 0 Å². The first-order valence-corrected chi connectivity index (χ1v) is 7.95. The van der Waals surface area contributed by atoms with Crippen LogP contribution < -0.4 is 5.32 Å². The molecule has 4 heteroatoms. The van der Waals surface area contributed by atoms with E-state index in [1.807, 2.05) is 23.5 Å². The van der Waals surface area contributed by atoms with Crippen LogP contribution in [0, 0.1) is 13.8 Å². The van der Waals surface area contributed by atoms with Crippen molar-refractivity contribution in [2.45, 2.75) is 49.2 Å². The van der Waals surface area contributed by atoms with Crippen LogP contribution in [0.4, 0.5) is 0 Å². The van der Waals surface area contributed by atoms with Crippen LogP contribution in [-0.4, -0.2) is 15.8 Å². The van der Waals surface area contributed by atoms with Gasteiger partial charge in [0.2, 0.25) is 0 Å². The maximum atomic E-state index is 4.58. The number of nitrogens with zero attached hydrogens (tertiary/aromatic N) is 2. The molecule has 0 bridgehead atoms. The lowest BCUT2D eigenvalue weighted by molar-refractivity contribution is 0.658. The Morgan fingerprint density at radius 3 is 2.85 bits per heavy atom. The fraction of sp³-hybridized carbons (Fsp3) is 0.438. The third-order valence-electron chi connectivity index (χ3n) is 3.64. The zero-order valence-electron chi connectivity index (χ0n) is 12.3. The number of aryl methyl sites for hydroxylation is 3. The van der Waals surface area contributed by atoms with Gasteiger partial charge in [-0.2, -0.15) is 5.10 Å². The fourth-order valence-corrected chi connectivity index (χ4v) is 3.47. The molecule has 1 heterocycles. The van der Waals surface area contributed by atoms with Gasteiger partial charge in [-0.1, -0.05) is 29.5 Å². The second kappa shape index (κ2) is 5.62. The maximum absolute atomic E-state index is 4.58. The topological polar surface area (TPSA) is 29.9 Å². The van der Waals surface area contributed by atoms with Crippen molar-refractivity contribution in [1.82, 2.24) is 15.1 Å². The summed E-state index contributed by atoms with van der Waals surface area (Å²) < 4.78 is 2.01. The standard InChI is InChI=1S/C16H21N3S/c1-11-5-4-6-14(9-11)20-16-15(10-17-13-7-8-13)12(2)18-19(16)3/h4-6,9,13,17H,7-8,10H2,1-3H3. The number of rotatable bonds is 5. The first kappa shape index (κ1) is 13.7. The van der Waals surface area contributed by atoms with Gasteiger partial charge in [-0.05, 0) is 38.8 Å². The highest BCUT2D eigenvalue weighted by Crippen LogP contribution is 2.32. The van der Waals surface area contributed by atoms with Gasteiger partial charge in [0, 0.05) is 30.1 Å². The van der Waals surface area contributed by atoms with Crippen LogP contribution in [0.2, 0.25) is 0 Å². The van der Waals surface area contributed by atoms with E-state index in [1.165, 1.54) is 33.9 Å². The molecule has 1 fully saturated rings. The van der Waals surface area contributed by atoms with Crippen LogP contribution in [0.1, 0.15) is 29.7 Å². The van der Waals surface area contributed by atoms with E-state index in [0.717, 1.165) is 18.3 Å². The molecule has 1 aromatic heterocycles. The van der Waals surface area contributed by atoms with Crippen molar-refractivity contribution in [3.8, 4) is 0 Å². The predicted octanol–water partition coefficient (Wildman–Crippen LogP) is 3.44. The molecule has 3 rings (SSSR count). The van der Waals surface area contributed by atoms with E-state index in [0.29, 0.717) is 0 Å². The molecule has 0 amide bonds. The van der Waals surface area contributed by atoms with E-state index < -0.39 is 0 Å². The zero-order valence-corrected chi connectivity index (χ0v) is 13.1. The molecule has 0 atom stereocenters. The Kier molecular flexibility index (Phi) is 3.85. The second-order valence-corrected chi connectivity index (χ2v) is 6.63. The summed E-state index contributed by atoms with van der Waals surface area (Å²) in [5.41, 5.74) is 3.77. The van der Waals surface area contributed by atoms with E-state index in [-0.39, 0.29) is 0 Å². The molecule has 1 aliphatic rings. The SMILES string of the molecule is Cc1cccc(Sc2c(CNC3CC3)c(C)nn2C)c1. The maximum Gasteiger partial charge on any atom is 0.103 e. The molecule has 106 valence electrons. The molecule has 1 N–H and O–H groups in total. The summed E-state index contributed by atoms with van der Waals surface area (Å²) in [6.45, 7) is 5.16. The number of hydrogen-bond donors (Lipinski definition) is 1. The van der Waals surface area contributed by atoms with Crippen LogP contribution in [0.25, 0.3) is 0 Å². The van der Waals surface area contributed by atoms with Crippen molar-refractivity contribution in [3.63, 3.8) is 0 Å². The van der Waals surface area contributed by atoms with Crippen molar-refractivity contribution in [2.24, 2.45) is 7.05 Å². The molecule has 0 saturated heterocycles. The van der Waals surface area contributed by atoms with Gasteiger partial charge in [0.15, 0.2) is 0 Å². The Morgan fingerprint density at radius 2 is 2.15 bits per heavy atom. The van der Waals surface area contributed by atoms with Crippen molar-refractivity contribution in [3.05, 3.63) is 41.1 Å². The molecular weight excluding hydrogens is 266 g/mol. The van der Waals surface area contributed by atoms with Gasteiger partial charge in [0.25, 0.3) is 0 Å². The van der Waals surface area contributed by atoms with Crippen LogP contribution in [0.15, 0.2) is 34.2 Å². The van der Waals surface area contributed by atoms with Crippen molar-refractivity contribution >= 4 is 11.8 Å². The number of aromatic nitrogens is 2. The lowest BCUT2D eigenvalue weighted by atomic mass is 10.2. The summed E-state index contributed by atoms with van der Waals surface area (Å²) in [5.74, 6) is 0. The minimum Gasteiger partial charge on any atom is -0.310 e. The number of nitrogens with one attached hydrogen (secondary N) is 1. The molecule has 0 spiro atoms. The van der Waals surface area contributed by atoms with Crippen molar-refractivity contribution in [1.29, 1.82) is 0 Å². The minimum absolute atomic E-state index is 0.728. The third kappa shape index (κ3) is 3.07. The van der Waals surface area contributed by atoms with E-state index in [4.69, 9.17) is 0 Å². The Labute approximate surface area is 124 Å². The molecule has 20 heavy (non-hydrogen) atoms. The molecular formula is C16H21N3S. The van der Waals surface area contributed by atoms with Gasteiger partial charge in [-0.15, -0.1) is 0 Å². The smallest absolute Gasteiger partial charge is 0.103 e. The first-order chi connectivity index (χ1) is 9.63. The monoisotopic (exact) mass is 287 g/mol. The average Bonchev–Trinajstić information content (AvgIpc) is 3.17. The van der Waals surface area contributed by atoms with Gasteiger partial charge >= 0.3 is 0 Å². The van der Waals surface area contributed by atoms with Gasteiger partial charge in [-0.25, -0.2) is 0 Å². The highest BCUT2D eigenvalue weighted by molar-refractivity contribution is 7.99. The molecule has 1 aromatic carbocycles. The summed E-state index contributed by atoms with van der Waals surface area (Å²) in [5, 5.41) is 9.43. The van der Waals surface area contributed by atoms with Crippen LogP contribution in [0.5, 0.6) is 0 Å². The lowest BCUT2D eigenvalue weighted by Gasteiger charge is -2.08. The fourth-order valence-electron chi connectivity index (χ4n) is 2.34. The van der Waals surface area contributed by atoms with Gasteiger partial charge < -0.3 is 5.32 Å². The minimum atomic E-state index is 0.728. The molecule has 3 nitrogen and oxygen atoms in total. The molecule has 0 unspecified atom stereocenters. The first-order valence-electron chi connectivity index (χ1n) is 7.14. The number of hydrogen-bond acceptors (Lipinski definition) is 3. The summed E-state index contributed by atoms with van der Waals surface area (Å²) in [6.07, 6.45) is 2.64. The largest absolute Gasteiger partial charge is 0.310 e. The van der Waals surface area contributed by atoms with Gasteiger partial charge in [0.1, 0.15) is 5.03 Å². The van der Waals surface area contributed by atoms with Crippen LogP contribution in [0.3, 0.4) is 0 Å². The Balaban J connectivity index is 1.83.